The van der Waals surface area contributed by atoms with Gasteiger partial charge in [0.15, 0.2) is 17.7 Å². The molecule has 4 rings (SSSR count). The van der Waals surface area contributed by atoms with E-state index in [0.29, 0.717) is 6.42 Å². The van der Waals surface area contributed by atoms with E-state index in [-0.39, 0.29) is 41.8 Å². The van der Waals surface area contributed by atoms with Crippen LogP contribution in [0.1, 0.15) is 25.8 Å². The normalized spacial score (nSPS) is 17.1. The van der Waals surface area contributed by atoms with Gasteiger partial charge in [-0.1, -0.05) is 56.7 Å². The third-order valence-electron chi connectivity index (χ3n) is 7.68. The van der Waals surface area contributed by atoms with Crippen LogP contribution in [0.5, 0.6) is 5.75 Å². The van der Waals surface area contributed by atoms with Gasteiger partial charge >= 0.3 is 6.09 Å². The Balaban J connectivity index is 1.58. The number of carbonyl (C=O) groups is 2. The highest BCUT2D eigenvalue weighted by Gasteiger charge is 2.39. The number of benzene rings is 3. The molecule has 1 aliphatic heterocycles. The number of carbonyl (C=O) groups excluding carboxylic acids is 2. The fraction of sp³-hybridized carbons (Fsp3) is 0.375. The molecule has 1 heterocycles. The first-order valence-corrected chi connectivity index (χ1v) is 16.0. The molecule has 0 bridgehead atoms. The summed E-state index contributed by atoms with van der Waals surface area (Å²) in [6, 6.07) is 16.6. The lowest BCUT2D eigenvalue weighted by Crippen LogP contribution is -2.53. The summed E-state index contributed by atoms with van der Waals surface area (Å²) >= 11 is 0. The Hall–Kier alpha value is -4.07. The van der Waals surface area contributed by atoms with Crippen molar-refractivity contribution in [2.24, 2.45) is 5.92 Å². The van der Waals surface area contributed by atoms with Crippen LogP contribution in [-0.4, -0.2) is 74.8 Å². The molecule has 45 heavy (non-hydrogen) atoms. The van der Waals surface area contributed by atoms with E-state index in [1.807, 2.05) is 13.8 Å². The molecule has 1 fully saturated rings. The molecular formula is C32H37F2N3O7S. The summed E-state index contributed by atoms with van der Waals surface area (Å²) in [6.07, 6.45) is -2.77. The molecule has 3 aromatic carbocycles. The zero-order chi connectivity index (χ0) is 32.7. The lowest BCUT2D eigenvalue weighted by Gasteiger charge is -2.31. The van der Waals surface area contributed by atoms with Crippen molar-refractivity contribution in [3.8, 4) is 5.75 Å². The number of nitrogens with one attached hydrogen (secondary N) is 1. The Labute approximate surface area is 261 Å². The predicted molar refractivity (Wildman–Crippen MR) is 163 cm³/mol. The number of halogens is 2. The molecule has 0 saturated carbocycles. The zero-order valence-electron chi connectivity index (χ0n) is 25.2. The lowest BCUT2D eigenvalue weighted by atomic mass is 10.0. The SMILES string of the molecule is CC[C@H](C)CN(C[C@@H](O)[C@H](Cc1ccccc1)NC(=O)[C@@H]1CN(c2cccc(F)c2)C(=O)O1)S(=O)(=O)c1ccc(OC)c(F)c1. The summed E-state index contributed by atoms with van der Waals surface area (Å²) in [5, 5.41) is 14.2. The van der Waals surface area contributed by atoms with E-state index < -0.39 is 58.5 Å². The summed E-state index contributed by atoms with van der Waals surface area (Å²) in [4.78, 5) is 26.7. The van der Waals surface area contributed by atoms with Crippen molar-refractivity contribution in [3.63, 3.8) is 0 Å². The topological polar surface area (TPSA) is 125 Å². The van der Waals surface area contributed by atoms with Crippen LogP contribution < -0.4 is 15.0 Å². The number of sulfonamides is 1. The van der Waals surface area contributed by atoms with Crippen molar-refractivity contribution in [1.82, 2.24) is 9.62 Å². The Morgan fingerprint density at radius 2 is 1.84 bits per heavy atom. The fourth-order valence-corrected chi connectivity index (χ4v) is 6.51. The average Bonchev–Trinajstić information content (AvgIpc) is 3.42. The van der Waals surface area contributed by atoms with Crippen LogP contribution in [0.4, 0.5) is 19.3 Å². The van der Waals surface area contributed by atoms with Crippen LogP contribution in [0.15, 0.2) is 77.7 Å². The highest BCUT2D eigenvalue weighted by Crippen LogP contribution is 2.26. The number of hydrogen-bond donors (Lipinski definition) is 2. The van der Waals surface area contributed by atoms with Crippen LogP contribution in [-0.2, 0) is 26.0 Å². The number of hydrogen-bond acceptors (Lipinski definition) is 7. The van der Waals surface area contributed by atoms with Gasteiger partial charge in [0, 0.05) is 13.1 Å². The van der Waals surface area contributed by atoms with E-state index in [1.54, 1.807) is 30.3 Å². The number of aliphatic hydroxyl groups is 1. The van der Waals surface area contributed by atoms with Crippen molar-refractivity contribution in [1.29, 1.82) is 0 Å². The molecular weight excluding hydrogens is 608 g/mol. The Kier molecular flexibility index (Phi) is 11.1. The Bertz CT molecular complexity index is 1590. The predicted octanol–water partition coefficient (Wildman–Crippen LogP) is 4.12. The van der Waals surface area contributed by atoms with Gasteiger partial charge in [0.05, 0.1) is 36.4 Å². The maximum absolute atomic E-state index is 14.5. The van der Waals surface area contributed by atoms with E-state index in [4.69, 9.17) is 9.47 Å². The summed E-state index contributed by atoms with van der Waals surface area (Å²) in [5.41, 5.74) is 0.970. The third-order valence-corrected chi connectivity index (χ3v) is 9.51. The van der Waals surface area contributed by atoms with Gasteiger partial charge < -0.3 is 19.9 Å². The van der Waals surface area contributed by atoms with Gasteiger partial charge in [0.2, 0.25) is 10.0 Å². The fourth-order valence-electron chi connectivity index (χ4n) is 4.92. The highest BCUT2D eigenvalue weighted by atomic mass is 32.2. The van der Waals surface area contributed by atoms with Crippen LogP contribution >= 0.6 is 0 Å². The lowest BCUT2D eigenvalue weighted by molar-refractivity contribution is -0.129. The molecule has 0 radical (unpaired) electrons. The second-order valence-corrected chi connectivity index (χ2v) is 12.9. The van der Waals surface area contributed by atoms with Gasteiger partial charge in [-0.15, -0.1) is 0 Å². The third kappa shape index (κ3) is 8.35. The molecule has 0 aromatic heterocycles. The number of anilines is 1. The largest absolute Gasteiger partial charge is 0.494 e. The summed E-state index contributed by atoms with van der Waals surface area (Å²) in [6.45, 7) is 3.16. The van der Waals surface area contributed by atoms with Crippen molar-refractivity contribution in [2.45, 2.75) is 49.8 Å². The first kappa shape index (κ1) is 33.8. The van der Waals surface area contributed by atoms with Crippen molar-refractivity contribution < 1.29 is 41.4 Å². The molecule has 10 nitrogen and oxygen atoms in total. The maximum Gasteiger partial charge on any atom is 0.415 e. The molecule has 0 unspecified atom stereocenters. The van der Waals surface area contributed by atoms with Crippen LogP contribution in [0, 0.1) is 17.6 Å². The van der Waals surface area contributed by atoms with Gasteiger partial charge in [0.1, 0.15) is 5.82 Å². The minimum Gasteiger partial charge on any atom is -0.494 e. The van der Waals surface area contributed by atoms with E-state index >= 15 is 0 Å². The van der Waals surface area contributed by atoms with Crippen molar-refractivity contribution in [3.05, 3.63) is 90.0 Å². The molecule has 3 aromatic rings. The number of methoxy groups -OCH3 is 1. The molecule has 1 aliphatic rings. The van der Waals surface area contributed by atoms with Gasteiger partial charge in [-0.05, 0) is 54.3 Å². The van der Waals surface area contributed by atoms with Crippen molar-refractivity contribution >= 4 is 27.7 Å². The van der Waals surface area contributed by atoms with Crippen LogP contribution in [0.25, 0.3) is 0 Å². The highest BCUT2D eigenvalue weighted by molar-refractivity contribution is 7.89. The second-order valence-electron chi connectivity index (χ2n) is 11.0. The van der Waals surface area contributed by atoms with Crippen LogP contribution in [0.3, 0.4) is 0 Å². The minimum atomic E-state index is -4.29. The minimum absolute atomic E-state index is 0.0262. The molecule has 2 amide bonds. The molecule has 4 atom stereocenters. The number of cyclic esters (lactones) is 1. The van der Waals surface area contributed by atoms with Crippen molar-refractivity contribution in [2.75, 3.05) is 31.6 Å². The van der Waals surface area contributed by atoms with E-state index in [0.717, 1.165) is 26.9 Å². The van der Waals surface area contributed by atoms with Crippen LogP contribution in [0.2, 0.25) is 0 Å². The monoisotopic (exact) mass is 645 g/mol. The van der Waals surface area contributed by atoms with E-state index in [1.165, 1.54) is 37.4 Å². The van der Waals surface area contributed by atoms with Gasteiger partial charge in [-0.2, -0.15) is 4.31 Å². The molecule has 2 N–H and O–H groups in total. The number of aliphatic hydroxyl groups excluding tert-OH is 1. The van der Waals surface area contributed by atoms with E-state index in [9.17, 15) is 31.9 Å². The molecule has 0 spiro atoms. The van der Waals surface area contributed by atoms with E-state index in [2.05, 4.69) is 5.32 Å². The molecule has 13 heteroatoms. The number of amides is 2. The van der Waals surface area contributed by atoms with Gasteiger partial charge in [-0.3, -0.25) is 9.69 Å². The quantitative estimate of drug-likeness (QED) is 0.270. The second kappa shape index (κ2) is 14.8. The first-order chi connectivity index (χ1) is 21.4. The molecule has 0 aliphatic carbocycles. The van der Waals surface area contributed by atoms with Gasteiger partial charge in [0.25, 0.3) is 5.91 Å². The summed E-state index contributed by atoms with van der Waals surface area (Å²) < 4.78 is 67.0. The number of nitrogens with zero attached hydrogens (tertiary/aromatic N) is 2. The zero-order valence-corrected chi connectivity index (χ0v) is 26.0. The first-order valence-electron chi connectivity index (χ1n) is 14.5. The number of rotatable bonds is 14. The Morgan fingerprint density at radius 1 is 1.11 bits per heavy atom. The van der Waals surface area contributed by atoms with Gasteiger partial charge in [-0.25, -0.2) is 22.0 Å². The smallest absolute Gasteiger partial charge is 0.415 e. The summed E-state index contributed by atoms with van der Waals surface area (Å²) in [5.74, 6) is -2.35. The number of ether oxygens (including phenoxy) is 2. The maximum atomic E-state index is 14.5. The average molecular weight is 646 g/mol. The standard InChI is InChI=1S/C32H37F2N3O7S/c1-4-21(2)18-36(45(41,42)25-13-14-29(43-3)26(34)17-25)19-28(38)27(15-22-9-6-5-7-10-22)35-31(39)30-20-37(32(40)44-30)24-12-8-11-23(33)16-24/h5-14,16-17,21,27-28,30,38H,4,15,18-20H2,1-3H3,(H,35,39)/t21-,27-,28+,30-/m0/s1. The molecule has 1 saturated heterocycles. The summed E-state index contributed by atoms with van der Waals surface area (Å²) in [7, 11) is -3.02. The Morgan fingerprint density at radius 3 is 2.49 bits per heavy atom. The molecule has 242 valence electrons.